The van der Waals surface area contributed by atoms with Crippen molar-refractivity contribution in [1.29, 1.82) is 0 Å². The maximum atomic E-state index is 12.4. The van der Waals surface area contributed by atoms with Crippen molar-refractivity contribution < 1.29 is 47.6 Å². The molecule has 1 N–H and O–H groups in total. The van der Waals surface area contributed by atoms with Crippen molar-refractivity contribution in [2.24, 2.45) is 23.7 Å². The van der Waals surface area contributed by atoms with Gasteiger partial charge < -0.3 is 33.7 Å². The van der Waals surface area contributed by atoms with Crippen molar-refractivity contribution in [2.75, 3.05) is 33.5 Å². The van der Waals surface area contributed by atoms with Crippen LogP contribution in [0.1, 0.15) is 54.0 Å². The minimum atomic E-state index is -0.971. The van der Waals surface area contributed by atoms with Crippen molar-refractivity contribution in [3.8, 4) is 11.5 Å². The third-order valence-electron chi connectivity index (χ3n) is 5.50. The quantitative estimate of drug-likeness (QED) is 0.142. The first-order valence-corrected chi connectivity index (χ1v) is 13.1. The molecule has 0 amide bonds. The maximum Gasteiger partial charge on any atom is 0.513 e. The minimum Gasteiger partial charge on any atom is -0.468 e. The summed E-state index contributed by atoms with van der Waals surface area (Å²) in [5.41, 5.74) is 0.567. The number of carbonyl (C=O) groups excluding carboxylic acids is 4. The van der Waals surface area contributed by atoms with Gasteiger partial charge in [0.1, 0.15) is 12.6 Å². The van der Waals surface area contributed by atoms with Crippen molar-refractivity contribution >= 4 is 24.2 Å². The molecule has 1 rings (SSSR count). The Morgan fingerprint density at radius 1 is 0.769 bits per heavy atom. The summed E-state index contributed by atoms with van der Waals surface area (Å²) in [6.07, 6.45) is -1.79. The van der Waals surface area contributed by atoms with Crippen molar-refractivity contribution in [1.82, 2.24) is 5.32 Å². The van der Waals surface area contributed by atoms with Crippen LogP contribution in [0, 0.1) is 23.7 Å². The second-order valence-electron chi connectivity index (χ2n) is 10.3. The number of rotatable bonds is 15. The predicted octanol–water partition coefficient (Wildman–Crippen LogP) is 4.54. The highest BCUT2D eigenvalue weighted by molar-refractivity contribution is 5.76. The minimum absolute atomic E-state index is 0.0530. The van der Waals surface area contributed by atoms with Crippen LogP contribution in [0.25, 0.3) is 0 Å². The van der Waals surface area contributed by atoms with Crippen LogP contribution in [0.3, 0.4) is 0 Å². The van der Waals surface area contributed by atoms with E-state index >= 15 is 0 Å². The lowest BCUT2D eigenvalue weighted by molar-refractivity contribution is -0.149. The summed E-state index contributed by atoms with van der Waals surface area (Å²) in [7, 11) is 1.26. The van der Waals surface area contributed by atoms with E-state index in [4.69, 9.17) is 28.4 Å². The van der Waals surface area contributed by atoms with E-state index in [2.05, 4.69) is 5.32 Å². The Bertz CT molecular complexity index is 944. The fourth-order valence-corrected chi connectivity index (χ4v) is 2.96. The van der Waals surface area contributed by atoms with Gasteiger partial charge in [-0.1, -0.05) is 54.5 Å². The fraction of sp³-hybridized carbons (Fsp3) is 0.643. The molecule has 220 valence electrons. The molecule has 11 nitrogen and oxygen atoms in total. The molecule has 1 aromatic carbocycles. The number of hydrogen-bond acceptors (Lipinski definition) is 11. The number of benzene rings is 1. The highest BCUT2D eigenvalue weighted by Crippen LogP contribution is 2.30. The molecule has 0 saturated heterocycles. The van der Waals surface area contributed by atoms with E-state index in [0.29, 0.717) is 5.56 Å². The summed E-state index contributed by atoms with van der Waals surface area (Å²) in [6, 6.07) is 3.71. The second kappa shape index (κ2) is 17.3. The van der Waals surface area contributed by atoms with Gasteiger partial charge in [-0.05, 0) is 41.9 Å². The molecule has 0 heterocycles. The smallest absolute Gasteiger partial charge is 0.468 e. The van der Waals surface area contributed by atoms with Gasteiger partial charge in [-0.2, -0.15) is 0 Å². The van der Waals surface area contributed by atoms with Crippen LogP contribution in [-0.4, -0.2) is 63.8 Å². The normalized spacial score (nSPS) is 12.6. The monoisotopic (exact) mass is 553 g/mol. The standard InChI is InChI=1S/C28H43NO10/c1-17(2)15-36-27(32)38-23-10-9-21(14-24(23)39-28(33)37-16-18(3)4)13-22(26(31)34-8)29-11-12-35-25(30)20(7)19(5)6/h9-10,14,17-20,22,29H,11-13,15-16H2,1-8H3/t20?,22-/m0/s1. The van der Waals surface area contributed by atoms with E-state index in [1.807, 2.05) is 41.5 Å². The van der Waals surface area contributed by atoms with E-state index in [1.165, 1.54) is 19.2 Å². The van der Waals surface area contributed by atoms with Crippen molar-refractivity contribution in [3.63, 3.8) is 0 Å². The van der Waals surface area contributed by atoms with Crippen LogP contribution >= 0.6 is 0 Å². The molecule has 0 aliphatic rings. The molecule has 0 radical (unpaired) electrons. The molecule has 0 bridgehead atoms. The lowest BCUT2D eigenvalue weighted by Crippen LogP contribution is -2.41. The average Bonchev–Trinajstić information content (AvgIpc) is 2.88. The van der Waals surface area contributed by atoms with Gasteiger partial charge in [0.15, 0.2) is 11.5 Å². The number of methoxy groups -OCH3 is 1. The first kappa shape index (κ1) is 33.7. The fourth-order valence-electron chi connectivity index (χ4n) is 2.96. The van der Waals surface area contributed by atoms with Gasteiger partial charge in [-0.25, -0.2) is 9.59 Å². The number of esters is 2. The molecule has 1 aromatic rings. The third kappa shape index (κ3) is 13.3. The first-order chi connectivity index (χ1) is 18.3. The Morgan fingerprint density at radius 2 is 1.33 bits per heavy atom. The van der Waals surface area contributed by atoms with Crippen LogP contribution in [0.4, 0.5) is 9.59 Å². The van der Waals surface area contributed by atoms with Gasteiger partial charge in [-0.15, -0.1) is 0 Å². The summed E-state index contributed by atoms with van der Waals surface area (Å²) >= 11 is 0. The second-order valence-corrected chi connectivity index (χ2v) is 10.3. The molecular weight excluding hydrogens is 510 g/mol. The number of carbonyl (C=O) groups is 4. The Hall–Kier alpha value is -3.34. The Morgan fingerprint density at radius 3 is 1.85 bits per heavy atom. The molecular formula is C28H43NO10. The highest BCUT2D eigenvalue weighted by Gasteiger charge is 2.23. The van der Waals surface area contributed by atoms with Gasteiger partial charge in [0.2, 0.25) is 0 Å². The number of hydrogen-bond donors (Lipinski definition) is 1. The van der Waals surface area contributed by atoms with Gasteiger partial charge in [-0.3, -0.25) is 9.59 Å². The van der Waals surface area contributed by atoms with Crippen LogP contribution in [0.5, 0.6) is 11.5 Å². The van der Waals surface area contributed by atoms with E-state index < -0.39 is 24.3 Å². The summed E-state index contributed by atoms with van der Waals surface area (Å²) in [6.45, 7) is 13.8. The van der Waals surface area contributed by atoms with Crippen LogP contribution in [0.2, 0.25) is 0 Å². The van der Waals surface area contributed by atoms with Gasteiger partial charge in [0.25, 0.3) is 0 Å². The zero-order valence-electron chi connectivity index (χ0n) is 24.2. The van der Waals surface area contributed by atoms with Crippen molar-refractivity contribution in [3.05, 3.63) is 23.8 Å². The van der Waals surface area contributed by atoms with E-state index in [0.717, 1.165) is 0 Å². The predicted molar refractivity (Wildman–Crippen MR) is 143 cm³/mol. The van der Waals surface area contributed by atoms with Crippen LogP contribution < -0.4 is 14.8 Å². The van der Waals surface area contributed by atoms with E-state index in [9.17, 15) is 19.2 Å². The Kier molecular flexibility index (Phi) is 14.9. The number of ether oxygens (including phenoxy) is 6. The molecule has 0 spiro atoms. The highest BCUT2D eigenvalue weighted by atomic mass is 16.7. The molecule has 2 atom stereocenters. The zero-order chi connectivity index (χ0) is 29.5. The molecule has 0 aromatic heterocycles. The average molecular weight is 554 g/mol. The summed E-state index contributed by atoms with van der Waals surface area (Å²) in [4.78, 5) is 48.8. The molecule has 11 heteroatoms. The molecule has 0 saturated carbocycles. The molecule has 1 unspecified atom stereocenters. The molecule has 0 fully saturated rings. The van der Waals surface area contributed by atoms with E-state index in [-0.39, 0.29) is 73.9 Å². The van der Waals surface area contributed by atoms with Crippen LogP contribution in [-0.2, 0) is 35.0 Å². The lowest BCUT2D eigenvalue weighted by Gasteiger charge is -2.19. The first-order valence-electron chi connectivity index (χ1n) is 13.1. The van der Waals surface area contributed by atoms with Crippen molar-refractivity contribution in [2.45, 2.75) is 60.9 Å². The molecule has 0 aliphatic heterocycles. The van der Waals surface area contributed by atoms with E-state index in [1.54, 1.807) is 13.0 Å². The SMILES string of the molecule is COC(=O)[C@H](Cc1ccc(OC(=O)OCC(C)C)c(OC(=O)OCC(C)C)c1)NCCOC(=O)C(C)C(C)C. The maximum absolute atomic E-state index is 12.4. The summed E-state index contributed by atoms with van der Waals surface area (Å²) < 4.78 is 30.9. The summed E-state index contributed by atoms with van der Waals surface area (Å²) in [5, 5.41) is 3.02. The van der Waals surface area contributed by atoms with Gasteiger partial charge in [0, 0.05) is 6.54 Å². The number of nitrogens with one attached hydrogen (secondary N) is 1. The zero-order valence-corrected chi connectivity index (χ0v) is 24.2. The lowest BCUT2D eigenvalue weighted by atomic mass is 9.99. The Labute approximate surface area is 230 Å². The molecule has 39 heavy (non-hydrogen) atoms. The van der Waals surface area contributed by atoms with Gasteiger partial charge >= 0.3 is 24.2 Å². The van der Waals surface area contributed by atoms with Crippen LogP contribution in [0.15, 0.2) is 18.2 Å². The Balaban J connectivity index is 2.99. The largest absolute Gasteiger partial charge is 0.513 e. The summed E-state index contributed by atoms with van der Waals surface area (Å²) in [5.74, 6) is -0.877. The van der Waals surface area contributed by atoms with Gasteiger partial charge in [0.05, 0.1) is 26.2 Å². The molecule has 0 aliphatic carbocycles. The third-order valence-corrected chi connectivity index (χ3v) is 5.50. The topological polar surface area (TPSA) is 136 Å².